The number of methoxy groups -OCH3 is 1. The highest BCUT2D eigenvalue weighted by Crippen LogP contribution is 2.27. The van der Waals surface area contributed by atoms with Gasteiger partial charge in [0.1, 0.15) is 5.58 Å². The number of hydrogen-bond acceptors (Lipinski definition) is 3. The molecule has 0 saturated carbocycles. The zero-order chi connectivity index (χ0) is 17.1. The SMILES string of the molecule is COCc1cccc(NC(=O)Cc2coc3c(C)c(C)ccc23)c1. The van der Waals surface area contributed by atoms with E-state index in [0.717, 1.165) is 33.3 Å². The fourth-order valence-corrected chi connectivity index (χ4v) is 2.81. The molecule has 1 heterocycles. The highest BCUT2D eigenvalue weighted by atomic mass is 16.5. The van der Waals surface area contributed by atoms with Crippen LogP contribution in [0.15, 0.2) is 47.1 Å². The predicted molar refractivity (Wildman–Crippen MR) is 95.2 cm³/mol. The van der Waals surface area contributed by atoms with Crippen LogP contribution in [-0.2, 0) is 22.6 Å². The van der Waals surface area contributed by atoms with Crippen LogP contribution in [0, 0.1) is 13.8 Å². The lowest BCUT2D eigenvalue weighted by atomic mass is 10.0. The zero-order valence-electron chi connectivity index (χ0n) is 14.2. The number of amides is 1. The van der Waals surface area contributed by atoms with Crippen molar-refractivity contribution < 1.29 is 13.9 Å². The summed E-state index contributed by atoms with van der Waals surface area (Å²) in [7, 11) is 1.65. The van der Waals surface area contributed by atoms with Crippen LogP contribution in [0.2, 0.25) is 0 Å². The van der Waals surface area contributed by atoms with Gasteiger partial charge < -0.3 is 14.5 Å². The molecule has 0 spiro atoms. The number of rotatable bonds is 5. The number of nitrogens with one attached hydrogen (secondary N) is 1. The number of aryl methyl sites for hydroxylation is 2. The Morgan fingerprint density at radius 2 is 2.04 bits per heavy atom. The van der Waals surface area contributed by atoms with Gasteiger partial charge in [-0.3, -0.25) is 4.79 Å². The summed E-state index contributed by atoms with van der Waals surface area (Å²) in [4.78, 5) is 12.4. The summed E-state index contributed by atoms with van der Waals surface area (Å²) in [6.45, 7) is 4.61. The number of benzene rings is 2. The van der Waals surface area contributed by atoms with Gasteiger partial charge >= 0.3 is 0 Å². The summed E-state index contributed by atoms with van der Waals surface area (Å²) in [5.41, 5.74) is 5.86. The van der Waals surface area contributed by atoms with Crippen molar-refractivity contribution in [2.75, 3.05) is 12.4 Å². The first-order chi connectivity index (χ1) is 11.6. The highest BCUT2D eigenvalue weighted by Gasteiger charge is 2.13. The van der Waals surface area contributed by atoms with Crippen molar-refractivity contribution in [2.45, 2.75) is 26.9 Å². The van der Waals surface area contributed by atoms with Crippen LogP contribution in [0.4, 0.5) is 5.69 Å². The molecule has 0 saturated heterocycles. The number of fused-ring (bicyclic) bond motifs is 1. The Morgan fingerprint density at radius 3 is 2.83 bits per heavy atom. The number of ether oxygens (including phenoxy) is 1. The largest absolute Gasteiger partial charge is 0.464 e. The maximum Gasteiger partial charge on any atom is 0.228 e. The van der Waals surface area contributed by atoms with Gasteiger partial charge in [0.25, 0.3) is 0 Å². The Kier molecular flexibility index (Phi) is 4.67. The zero-order valence-corrected chi connectivity index (χ0v) is 14.2. The molecule has 4 heteroatoms. The molecule has 0 aliphatic rings. The van der Waals surface area contributed by atoms with E-state index in [2.05, 4.69) is 18.3 Å². The molecular weight excluding hydrogens is 302 g/mol. The lowest BCUT2D eigenvalue weighted by molar-refractivity contribution is -0.115. The average molecular weight is 323 g/mol. The molecule has 1 amide bonds. The molecule has 24 heavy (non-hydrogen) atoms. The Labute approximate surface area is 141 Å². The standard InChI is InChI=1S/C20H21NO3/c1-13-7-8-18-16(12-24-20(18)14(13)2)10-19(22)21-17-6-4-5-15(9-17)11-23-3/h4-9,12H,10-11H2,1-3H3,(H,21,22). The van der Waals surface area contributed by atoms with Gasteiger partial charge in [0.05, 0.1) is 19.3 Å². The van der Waals surface area contributed by atoms with E-state index in [1.54, 1.807) is 13.4 Å². The molecule has 0 fully saturated rings. The molecule has 3 rings (SSSR count). The molecule has 2 aromatic carbocycles. The molecule has 4 nitrogen and oxygen atoms in total. The minimum Gasteiger partial charge on any atom is -0.464 e. The fraction of sp³-hybridized carbons (Fsp3) is 0.250. The second-order valence-corrected chi connectivity index (χ2v) is 6.00. The molecule has 0 bridgehead atoms. The Hall–Kier alpha value is -2.59. The number of furan rings is 1. The van der Waals surface area contributed by atoms with Crippen LogP contribution < -0.4 is 5.32 Å². The third-order valence-electron chi connectivity index (χ3n) is 4.21. The van der Waals surface area contributed by atoms with Gasteiger partial charge in [-0.25, -0.2) is 0 Å². The number of anilines is 1. The quantitative estimate of drug-likeness (QED) is 0.758. The molecule has 1 N–H and O–H groups in total. The van der Waals surface area contributed by atoms with Gasteiger partial charge in [-0.2, -0.15) is 0 Å². The van der Waals surface area contributed by atoms with Crippen LogP contribution in [0.25, 0.3) is 11.0 Å². The maximum atomic E-state index is 12.4. The minimum absolute atomic E-state index is 0.0644. The van der Waals surface area contributed by atoms with E-state index in [-0.39, 0.29) is 12.3 Å². The topological polar surface area (TPSA) is 51.5 Å². The molecule has 3 aromatic rings. The lowest BCUT2D eigenvalue weighted by Crippen LogP contribution is -2.14. The van der Waals surface area contributed by atoms with Crippen molar-refractivity contribution in [2.24, 2.45) is 0 Å². The van der Waals surface area contributed by atoms with Gasteiger partial charge in [-0.1, -0.05) is 24.3 Å². The van der Waals surface area contributed by atoms with Crippen molar-refractivity contribution >= 4 is 22.6 Å². The van der Waals surface area contributed by atoms with Gasteiger partial charge in [-0.15, -0.1) is 0 Å². The molecule has 0 atom stereocenters. The van der Waals surface area contributed by atoms with Crippen LogP contribution in [0.1, 0.15) is 22.3 Å². The van der Waals surface area contributed by atoms with Gasteiger partial charge in [-0.05, 0) is 42.7 Å². The normalized spacial score (nSPS) is 11.0. The second kappa shape index (κ2) is 6.89. The molecule has 1 aromatic heterocycles. The van der Waals surface area contributed by atoms with Crippen molar-refractivity contribution in [1.82, 2.24) is 0 Å². The Bertz CT molecular complexity index is 880. The number of carbonyl (C=O) groups excluding carboxylic acids is 1. The predicted octanol–water partition coefficient (Wildman–Crippen LogP) is 4.38. The summed E-state index contributed by atoms with van der Waals surface area (Å²) in [6, 6.07) is 11.7. The summed E-state index contributed by atoms with van der Waals surface area (Å²) in [5, 5.41) is 3.93. The summed E-state index contributed by atoms with van der Waals surface area (Å²) in [5.74, 6) is -0.0644. The van der Waals surface area contributed by atoms with Crippen molar-refractivity contribution in [1.29, 1.82) is 0 Å². The lowest BCUT2D eigenvalue weighted by Gasteiger charge is -2.07. The summed E-state index contributed by atoms with van der Waals surface area (Å²) in [6.07, 6.45) is 1.96. The summed E-state index contributed by atoms with van der Waals surface area (Å²) < 4.78 is 10.8. The first kappa shape index (κ1) is 16.3. The minimum atomic E-state index is -0.0644. The van der Waals surface area contributed by atoms with E-state index in [4.69, 9.17) is 9.15 Å². The highest BCUT2D eigenvalue weighted by molar-refractivity contribution is 5.96. The van der Waals surface area contributed by atoms with Gasteiger partial charge in [0.15, 0.2) is 0 Å². The first-order valence-corrected chi connectivity index (χ1v) is 7.92. The van der Waals surface area contributed by atoms with Crippen molar-refractivity contribution in [3.63, 3.8) is 0 Å². The number of carbonyl (C=O) groups is 1. The molecule has 124 valence electrons. The third-order valence-corrected chi connectivity index (χ3v) is 4.21. The Morgan fingerprint density at radius 1 is 1.21 bits per heavy atom. The van der Waals surface area contributed by atoms with Gasteiger partial charge in [0.2, 0.25) is 5.91 Å². The van der Waals surface area contributed by atoms with E-state index in [1.807, 2.05) is 37.3 Å². The third kappa shape index (κ3) is 3.34. The maximum absolute atomic E-state index is 12.4. The van der Waals surface area contributed by atoms with Crippen molar-refractivity contribution in [3.05, 3.63) is 64.9 Å². The molecule has 0 aliphatic carbocycles. The van der Waals surface area contributed by atoms with Gasteiger partial charge in [0, 0.05) is 23.7 Å². The molecule has 0 radical (unpaired) electrons. The van der Waals surface area contributed by atoms with E-state index in [9.17, 15) is 4.79 Å². The smallest absolute Gasteiger partial charge is 0.228 e. The molecule has 0 aliphatic heterocycles. The summed E-state index contributed by atoms with van der Waals surface area (Å²) >= 11 is 0. The first-order valence-electron chi connectivity index (χ1n) is 7.92. The monoisotopic (exact) mass is 323 g/mol. The van der Waals surface area contributed by atoms with E-state index in [0.29, 0.717) is 6.61 Å². The van der Waals surface area contributed by atoms with Crippen LogP contribution in [-0.4, -0.2) is 13.0 Å². The van der Waals surface area contributed by atoms with E-state index in [1.165, 1.54) is 5.56 Å². The van der Waals surface area contributed by atoms with Crippen LogP contribution >= 0.6 is 0 Å². The average Bonchev–Trinajstić information content (AvgIpc) is 2.95. The van der Waals surface area contributed by atoms with Crippen molar-refractivity contribution in [3.8, 4) is 0 Å². The number of hydrogen-bond donors (Lipinski definition) is 1. The second-order valence-electron chi connectivity index (χ2n) is 6.00. The fourth-order valence-electron chi connectivity index (χ4n) is 2.81. The molecular formula is C20H21NO3. The van der Waals surface area contributed by atoms with Crippen LogP contribution in [0.5, 0.6) is 0 Å². The van der Waals surface area contributed by atoms with Crippen LogP contribution in [0.3, 0.4) is 0 Å². The Balaban J connectivity index is 1.76. The van der Waals surface area contributed by atoms with E-state index < -0.39 is 0 Å². The molecule has 0 unspecified atom stereocenters. The van der Waals surface area contributed by atoms with E-state index >= 15 is 0 Å².